The smallest absolute Gasteiger partial charge is 0.192 e. The van der Waals surface area contributed by atoms with E-state index in [1.54, 1.807) is 0 Å². The number of nitrogens with zero attached hydrogens (tertiary/aromatic N) is 2. The van der Waals surface area contributed by atoms with E-state index in [9.17, 15) is 0 Å². The number of hydrogen-bond donors (Lipinski definition) is 2. The van der Waals surface area contributed by atoms with Crippen LogP contribution in [-0.2, 0) is 5.75 Å². The predicted octanol–water partition coefficient (Wildman–Crippen LogP) is 3.89. The molecule has 104 valence electrons. The molecular formula is C16H14N4S. The highest BCUT2D eigenvalue weighted by Gasteiger charge is 2.07. The average molecular weight is 294 g/mol. The van der Waals surface area contributed by atoms with Crippen LogP contribution in [0.25, 0.3) is 0 Å². The van der Waals surface area contributed by atoms with Crippen LogP contribution in [-0.4, -0.2) is 10.8 Å². The van der Waals surface area contributed by atoms with Crippen molar-refractivity contribution in [3.63, 3.8) is 0 Å². The van der Waals surface area contributed by atoms with Gasteiger partial charge in [-0.05, 0) is 17.7 Å². The number of rotatable bonds is 5. The first-order valence-electron chi connectivity index (χ1n) is 6.34. The molecular weight excluding hydrogens is 280 g/mol. The van der Waals surface area contributed by atoms with Crippen molar-refractivity contribution in [3.8, 4) is 6.07 Å². The lowest BCUT2D eigenvalue weighted by Gasteiger charge is -2.03. The summed E-state index contributed by atoms with van der Waals surface area (Å²) in [7, 11) is 0. The van der Waals surface area contributed by atoms with E-state index in [-0.39, 0.29) is 10.8 Å². The maximum atomic E-state index is 9.10. The lowest BCUT2D eigenvalue weighted by Crippen LogP contribution is -2.09. The van der Waals surface area contributed by atoms with Crippen molar-refractivity contribution >= 4 is 28.2 Å². The van der Waals surface area contributed by atoms with Gasteiger partial charge in [0.05, 0.1) is 5.69 Å². The second-order valence-electron chi connectivity index (χ2n) is 4.15. The number of anilines is 1. The molecule has 0 spiro atoms. The molecule has 2 aromatic rings. The Balaban J connectivity index is 1.94. The topological polar surface area (TPSA) is 72.0 Å². The number of hydrogen-bond acceptors (Lipinski definition) is 5. The number of thioether (sulfide) groups is 1. The second-order valence-corrected chi connectivity index (χ2v) is 5.14. The Hall–Kier alpha value is -2.58. The Morgan fingerprint density at radius 3 is 2.33 bits per heavy atom. The molecule has 0 bridgehead atoms. The fraction of sp³-hybridized carbons (Fsp3) is 0.0625. The van der Waals surface area contributed by atoms with Crippen molar-refractivity contribution in [1.82, 2.24) is 0 Å². The maximum Gasteiger partial charge on any atom is 0.192 e. The Labute approximate surface area is 128 Å². The van der Waals surface area contributed by atoms with Crippen LogP contribution < -0.4 is 5.43 Å². The molecule has 2 N–H and O–H groups in total. The summed E-state index contributed by atoms with van der Waals surface area (Å²) < 4.78 is 0. The average Bonchev–Trinajstić information content (AvgIpc) is 2.55. The third kappa shape index (κ3) is 4.79. The van der Waals surface area contributed by atoms with Crippen LogP contribution in [0, 0.1) is 16.7 Å². The molecule has 0 saturated carbocycles. The number of nitriles is 1. The molecule has 0 radical (unpaired) electrons. The molecule has 0 unspecified atom stereocenters. The summed E-state index contributed by atoms with van der Waals surface area (Å²) in [6.45, 7) is 0. The van der Waals surface area contributed by atoms with Gasteiger partial charge in [0.1, 0.15) is 11.1 Å². The minimum Gasteiger partial charge on any atom is -0.291 e. The summed E-state index contributed by atoms with van der Waals surface area (Å²) in [6.07, 6.45) is 0. The van der Waals surface area contributed by atoms with Gasteiger partial charge < -0.3 is 0 Å². The van der Waals surface area contributed by atoms with E-state index in [1.165, 1.54) is 11.8 Å². The Bertz CT molecular complexity index is 660. The van der Waals surface area contributed by atoms with Gasteiger partial charge in [-0.3, -0.25) is 10.8 Å². The molecule has 0 amide bonds. The summed E-state index contributed by atoms with van der Waals surface area (Å²) in [5.74, 6) is 0.645. The van der Waals surface area contributed by atoms with Gasteiger partial charge in [-0.1, -0.05) is 60.3 Å². The SMILES string of the molecule is N#C/C(=N/Nc1ccccc1)C(=N)SCc1ccccc1. The molecule has 2 aromatic carbocycles. The van der Waals surface area contributed by atoms with Crippen molar-refractivity contribution < 1.29 is 0 Å². The van der Waals surface area contributed by atoms with E-state index in [0.717, 1.165) is 11.3 Å². The van der Waals surface area contributed by atoms with Crippen LogP contribution in [0.1, 0.15) is 5.56 Å². The molecule has 0 fully saturated rings. The van der Waals surface area contributed by atoms with Crippen molar-refractivity contribution in [1.29, 1.82) is 10.7 Å². The van der Waals surface area contributed by atoms with Gasteiger partial charge in [-0.2, -0.15) is 10.4 Å². The zero-order chi connectivity index (χ0) is 14.9. The minimum absolute atomic E-state index is 0.0831. The molecule has 4 nitrogen and oxygen atoms in total. The van der Waals surface area contributed by atoms with E-state index in [1.807, 2.05) is 66.7 Å². The number of benzene rings is 2. The highest BCUT2D eigenvalue weighted by Crippen LogP contribution is 2.14. The standard InChI is InChI=1S/C16H14N4S/c17-11-15(20-19-14-9-5-2-6-10-14)16(18)21-12-13-7-3-1-4-8-13/h1-10,18-19H,12H2/b18-16?,20-15-. The highest BCUT2D eigenvalue weighted by molar-refractivity contribution is 8.15. The largest absolute Gasteiger partial charge is 0.291 e. The third-order valence-electron chi connectivity index (χ3n) is 2.62. The molecule has 0 aromatic heterocycles. The van der Waals surface area contributed by atoms with E-state index in [4.69, 9.17) is 10.7 Å². The zero-order valence-corrected chi connectivity index (χ0v) is 12.1. The molecule has 0 aliphatic heterocycles. The fourth-order valence-electron chi connectivity index (χ4n) is 1.56. The molecule has 0 heterocycles. The fourth-order valence-corrected chi connectivity index (χ4v) is 2.29. The van der Waals surface area contributed by atoms with Crippen LogP contribution in [0.4, 0.5) is 5.69 Å². The van der Waals surface area contributed by atoms with Crippen molar-refractivity contribution in [3.05, 3.63) is 66.2 Å². The molecule has 0 saturated heterocycles. The van der Waals surface area contributed by atoms with Crippen LogP contribution in [0.2, 0.25) is 0 Å². The van der Waals surface area contributed by atoms with E-state index in [0.29, 0.717) is 5.75 Å². The number of para-hydroxylation sites is 1. The maximum absolute atomic E-state index is 9.10. The van der Waals surface area contributed by atoms with Crippen molar-refractivity contribution in [2.75, 3.05) is 5.43 Å². The summed E-state index contributed by atoms with van der Waals surface area (Å²) in [5.41, 5.74) is 4.76. The van der Waals surface area contributed by atoms with Crippen LogP contribution >= 0.6 is 11.8 Å². The summed E-state index contributed by atoms with van der Waals surface area (Å²) >= 11 is 1.29. The van der Waals surface area contributed by atoms with Gasteiger partial charge in [0.25, 0.3) is 0 Å². The van der Waals surface area contributed by atoms with Gasteiger partial charge in [0.2, 0.25) is 0 Å². The van der Waals surface area contributed by atoms with Crippen molar-refractivity contribution in [2.24, 2.45) is 5.10 Å². The van der Waals surface area contributed by atoms with E-state index >= 15 is 0 Å². The monoisotopic (exact) mass is 294 g/mol. The Morgan fingerprint density at radius 2 is 1.71 bits per heavy atom. The molecule has 0 atom stereocenters. The highest BCUT2D eigenvalue weighted by atomic mass is 32.2. The van der Waals surface area contributed by atoms with Crippen molar-refractivity contribution in [2.45, 2.75) is 5.75 Å². The quantitative estimate of drug-likeness (QED) is 0.499. The first-order valence-corrected chi connectivity index (χ1v) is 7.32. The lowest BCUT2D eigenvalue weighted by atomic mass is 10.2. The summed E-state index contributed by atoms with van der Waals surface area (Å²) in [6, 6.07) is 21.1. The normalized spacial score (nSPS) is 10.7. The Kier molecular flexibility index (Phi) is 5.56. The zero-order valence-electron chi connectivity index (χ0n) is 11.3. The second kappa shape index (κ2) is 7.88. The third-order valence-corrected chi connectivity index (χ3v) is 3.58. The van der Waals surface area contributed by atoms with Gasteiger partial charge in [-0.25, -0.2) is 0 Å². The van der Waals surface area contributed by atoms with Crippen LogP contribution in [0.3, 0.4) is 0 Å². The first-order chi connectivity index (χ1) is 10.3. The molecule has 0 aliphatic carbocycles. The molecule has 21 heavy (non-hydrogen) atoms. The van der Waals surface area contributed by atoms with Gasteiger partial charge in [-0.15, -0.1) is 0 Å². The van der Waals surface area contributed by atoms with Gasteiger partial charge in [0.15, 0.2) is 5.71 Å². The van der Waals surface area contributed by atoms with Gasteiger partial charge in [0, 0.05) is 5.75 Å². The van der Waals surface area contributed by atoms with E-state index in [2.05, 4.69) is 10.5 Å². The van der Waals surface area contributed by atoms with Crippen LogP contribution in [0.5, 0.6) is 0 Å². The Morgan fingerprint density at radius 1 is 1.10 bits per heavy atom. The molecule has 5 heteroatoms. The summed E-state index contributed by atoms with van der Waals surface area (Å²) in [4.78, 5) is 0. The predicted molar refractivity (Wildman–Crippen MR) is 88.6 cm³/mol. The van der Waals surface area contributed by atoms with E-state index < -0.39 is 0 Å². The van der Waals surface area contributed by atoms with Crippen LogP contribution in [0.15, 0.2) is 65.8 Å². The first kappa shape index (κ1) is 14.8. The summed E-state index contributed by atoms with van der Waals surface area (Å²) in [5, 5.41) is 21.2. The van der Waals surface area contributed by atoms with Gasteiger partial charge >= 0.3 is 0 Å². The lowest BCUT2D eigenvalue weighted by molar-refractivity contribution is 1.34. The molecule has 0 aliphatic rings. The molecule has 2 rings (SSSR count). The number of nitrogens with one attached hydrogen (secondary N) is 2. The minimum atomic E-state index is 0.0831. The number of hydrazone groups is 1.